The molecule has 0 bridgehead atoms. The zero-order valence-corrected chi connectivity index (χ0v) is 20.6. The highest BCUT2D eigenvalue weighted by Gasteiger charge is 2.24. The molecule has 0 saturated heterocycles. The Morgan fingerprint density at radius 3 is 2.25 bits per heavy atom. The summed E-state index contributed by atoms with van der Waals surface area (Å²) in [5.74, 6) is -0.194. The van der Waals surface area contributed by atoms with E-state index in [9.17, 15) is 19.2 Å². The number of hydrogen-bond donors (Lipinski definition) is 2. The number of aromatic nitrogens is 2. The average Bonchev–Trinajstić information content (AvgIpc) is 3.67. The molecule has 0 atom stereocenters. The van der Waals surface area contributed by atoms with Gasteiger partial charge in [0.1, 0.15) is 6.07 Å². The van der Waals surface area contributed by atoms with Gasteiger partial charge in [-0.05, 0) is 68.5 Å². The van der Waals surface area contributed by atoms with Crippen LogP contribution in [0.15, 0.2) is 46.0 Å². The lowest BCUT2D eigenvalue weighted by atomic mass is 10.1. The number of aryl methyl sites for hydroxylation is 1. The number of nitrogens with one attached hydrogen (secondary N) is 2. The van der Waals surface area contributed by atoms with E-state index >= 15 is 0 Å². The van der Waals surface area contributed by atoms with Gasteiger partial charge in [0.05, 0.1) is 21.5 Å². The molecular weight excluding hydrogens is 482 g/mol. The van der Waals surface area contributed by atoms with Gasteiger partial charge in [-0.2, -0.15) is 5.26 Å². The maximum Gasteiger partial charge on any atom is 0.331 e. The van der Waals surface area contributed by atoms with Crippen molar-refractivity contribution in [1.29, 1.82) is 5.26 Å². The quantitative estimate of drug-likeness (QED) is 0.454. The third kappa shape index (κ3) is 5.66. The third-order valence-corrected chi connectivity index (χ3v) is 6.46. The summed E-state index contributed by atoms with van der Waals surface area (Å²) in [4.78, 5) is 50.5. The van der Waals surface area contributed by atoms with Crippen molar-refractivity contribution in [2.24, 2.45) is 5.92 Å². The Hall–Kier alpha value is -3.90. The van der Waals surface area contributed by atoms with Crippen LogP contribution in [0.3, 0.4) is 0 Å². The summed E-state index contributed by atoms with van der Waals surface area (Å²) in [5.41, 5.74) is 1.14. The monoisotopic (exact) mass is 507 g/mol. The predicted octanol–water partition coefficient (Wildman–Crippen LogP) is 3.87. The Balaban J connectivity index is 1.38. The number of rotatable bonds is 9. The average molecular weight is 508 g/mol. The van der Waals surface area contributed by atoms with Crippen molar-refractivity contribution in [3.8, 4) is 6.07 Å². The van der Waals surface area contributed by atoms with Gasteiger partial charge in [-0.25, -0.2) is 4.79 Å². The molecule has 1 heterocycles. The van der Waals surface area contributed by atoms with Gasteiger partial charge in [0, 0.05) is 37.3 Å². The molecule has 0 spiro atoms. The van der Waals surface area contributed by atoms with E-state index in [2.05, 4.69) is 10.6 Å². The predicted molar refractivity (Wildman–Crippen MR) is 138 cm³/mol. The second kappa shape index (κ2) is 10.8. The number of amides is 2. The lowest BCUT2D eigenvalue weighted by molar-refractivity contribution is -0.117. The van der Waals surface area contributed by atoms with Gasteiger partial charge in [0.25, 0.3) is 5.56 Å². The largest absolute Gasteiger partial charge is 0.331 e. The third-order valence-electron chi connectivity index (χ3n) is 6.14. The second-order valence-corrected chi connectivity index (χ2v) is 9.28. The maximum atomic E-state index is 13.0. The van der Waals surface area contributed by atoms with Gasteiger partial charge in [0.15, 0.2) is 0 Å². The molecule has 1 aliphatic rings. The molecule has 0 radical (unpaired) electrons. The highest BCUT2D eigenvalue weighted by Crippen LogP contribution is 2.30. The van der Waals surface area contributed by atoms with E-state index in [4.69, 9.17) is 16.9 Å². The summed E-state index contributed by atoms with van der Waals surface area (Å²) in [6.07, 6.45) is 2.59. The number of fused-ring (bicyclic) bond motifs is 1. The first-order chi connectivity index (χ1) is 17.3. The Labute approximate surface area is 212 Å². The molecule has 0 unspecified atom stereocenters. The summed E-state index contributed by atoms with van der Waals surface area (Å²) in [5, 5.41) is 15.0. The molecule has 2 aromatic carbocycles. The molecule has 36 heavy (non-hydrogen) atoms. The molecule has 2 amide bonds. The summed E-state index contributed by atoms with van der Waals surface area (Å²) in [7, 11) is 0. The number of benzene rings is 2. The first kappa shape index (κ1) is 25.2. The van der Waals surface area contributed by atoms with E-state index in [1.165, 1.54) is 16.7 Å². The summed E-state index contributed by atoms with van der Waals surface area (Å²) < 4.78 is 2.87. The van der Waals surface area contributed by atoms with E-state index in [1.54, 1.807) is 28.8 Å². The lowest BCUT2D eigenvalue weighted by Crippen LogP contribution is -2.40. The highest BCUT2D eigenvalue weighted by atomic mass is 35.5. The van der Waals surface area contributed by atoms with E-state index < -0.39 is 0 Å². The molecule has 1 saturated carbocycles. The fourth-order valence-corrected chi connectivity index (χ4v) is 4.29. The fourth-order valence-electron chi connectivity index (χ4n) is 4.07. The SMILES string of the molecule is CCn1c(=O)n(CC2CC2)c(=O)c2cc(NC(=O)CCCC(=O)Nc3ccc(C#N)c(Cl)c3)ccc21. The van der Waals surface area contributed by atoms with Gasteiger partial charge in [0.2, 0.25) is 11.8 Å². The lowest BCUT2D eigenvalue weighted by Gasteiger charge is -2.14. The van der Waals surface area contributed by atoms with Crippen LogP contribution in [0, 0.1) is 17.2 Å². The van der Waals surface area contributed by atoms with Crippen molar-refractivity contribution < 1.29 is 9.59 Å². The van der Waals surface area contributed by atoms with Crippen LogP contribution in [-0.4, -0.2) is 20.9 Å². The van der Waals surface area contributed by atoms with Gasteiger partial charge in [-0.3, -0.25) is 23.5 Å². The Morgan fingerprint density at radius 1 is 1.03 bits per heavy atom. The van der Waals surface area contributed by atoms with Crippen molar-refractivity contribution in [3.63, 3.8) is 0 Å². The van der Waals surface area contributed by atoms with Crippen molar-refractivity contribution in [2.45, 2.75) is 52.1 Å². The molecule has 1 aromatic heterocycles. The summed E-state index contributed by atoms with van der Waals surface area (Å²) >= 11 is 5.98. The topological polar surface area (TPSA) is 126 Å². The van der Waals surface area contributed by atoms with Crippen molar-refractivity contribution in [1.82, 2.24) is 9.13 Å². The number of carbonyl (C=O) groups is 2. The second-order valence-electron chi connectivity index (χ2n) is 8.87. The molecule has 4 rings (SSSR count). The van der Waals surface area contributed by atoms with Crippen LogP contribution < -0.4 is 21.9 Å². The van der Waals surface area contributed by atoms with E-state index in [-0.39, 0.29) is 40.9 Å². The number of hydrogen-bond acceptors (Lipinski definition) is 5. The normalized spacial score (nSPS) is 12.8. The van der Waals surface area contributed by atoms with Crippen LogP contribution in [0.2, 0.25) is 5.02 Å². The van der Waals surface area contributed by atoms with E-state index in [0.717, 1.165) is 12.8 Å². The van der Waals surface area contributed by atoms with Crippen LogP contribution in [0.5, 0.6) is 0 Å². The van der Waals surface area contributed by atoms with Gasteiger partial charge < -0.3 is 10.6 Å². The summed E-state index contributed by atoms with van der Waals surface area (Å²) in [6.45, 7) is 2.71. The van der Waals surface area contributed by atoms with E-state index in [0.29, 0.717) is 53.3 Å². The van der Waals surface area contributed by atoms with Gasteiger partial charge >= 0.3 is 5.69 Å². The Morgan fingerprint density at radius 2 is 1.67 bits per heavy atom. The number of carbonyl (C=O) groups excluding carboxylic acids is 2. The minimum Gasteiger partial charge on any atom is -0.326 e. The number of anilines is 2. The molecule has 2 N–H and O–H groups in total. The number of halogens is 1. The molecule has 1 aliphatic carbocycles. The smallest absolute Gasteiger partial charge is 0.326 e. The van der Waals surface area contributed by atoms with Crippen LogP contribution in [0.1, 0.15) is 44.6 Å². The summed E-state index contributed by atoms with van der Waals surface area (Å²) in [6, 6.07) is 11.5. The zero-order chi connectivity index (χ0) is 25.8. The maximum absolute atomic E-state index is 13.0. The minimum atomic E-state index is -0.345. The fraction of sp³-hybridized carbons (Fsp3) is 0.346. The van der Waals surface area contributed by atoms with Crippen molar-refractivity contribution >= 4 is 45.7 Å². The molecule has 1 fully saturated rings. The standard InChI is InChI=1S/C26H26ClN5O4/c1-2-31-22-11-10-18(12-20(22)25(35)32(26(31)36)15-16-6-7-16)29-23(33)4-3-5-24(34)30-19-9-8-17(14-28)21(27)13-19/h8-13,16H,2-7,15H2,1H3,(H,29,33)(H,30,34). The first-order valence-corrected chi connectivity index (χ1v) is 12.2. The van der Waals surface area contributed by atoms with Crippen LogP contribution in [0.25, 0.3) is 10.9 Å². The molecule has 9 nitrogen and oxygen atoms in total. The molecule has 186 valence electrons. The Bertz CT molecular complexity index is 1500. The number of nitriles is 1. The van der Waals surface area contributed by atoms with Crippen LogP contribution in [0.4, 0.5) is 11.4 Å². The molecule has 0 aliphatic heterocycles. The van der Waals surface area contributed by atoms with Gasteiger partial charge in [-0.1, -0.05) is 11.6 Å². The zero-order valence-electron chi connectivity index (χ0n) is 19.8. The van der Waals surface area contributed by atoms with Crippen molar-refractivity contribution in [3.05, 3.63) is 67.8 Å². The minimum absolute atomic E-state index is 0.111. The highest BCUT2D eigenvalue weighted by molar-refractivity contribution is 6.32. The molecule has 3 aromatic rings. The molecule has 10 heteroatoms. The van der Waals surface area contributed by atoms with E-state index in [1.807, 2.05) is 13.0 Å². The first-order valence-electron chi connectivity index (χ1n) is 11.9. The van der Waals surface area contributed by atoms with Crippen LogP contribution in [-0.2, 0) is 22.7 Å². The van der Waals surface area contributed by atoms with Crippen LogP contribution >= 0.6 is 11.6 Å². The molecular formula is C26H26ClN5O4. The van der Waals surface area contributed by atoms with Crippen molar-refractivity contribution in [2.75, 3.05) is 10.6 Å². The van der Waals surface area contributed by atoms with Gasteiger partial charge in [-0.15, -0.1) is 0 Å². The number of nitrogens with zero attached hydrogens (tertiary/aromatic N) is 3. The Kier molecular flexibility index (Phi) is 7.55.